The van der Waals surface area contributed by atoms with Crippen LogP contribution >= 0.6 is 12.2 Å². The van der Waals surface area contributed by atoms with Crippen LogP contribution in [0.15, 0.2) is 0 Å². The molecule has 1 N–H and O–H groups in total. The highest BCUT2D eigenvalue weighted by molar-refractivity contribution is 7.80. The molecule has 1 aliphatic heterocycles. The third kappa shape index (κ3) is 3.31. The van der Waals surface area contributed by atoms with Crippen molar-refractivity contribution in [2.75, 3.05) is 32.7 Å². The van der Waals surface area contributed by atoms with Crippen LogP contribution in [0.2, 0.25) is 0 Å². The van der Waals surface area contributed by atoms with Crippen molar-refractivity contribution < 1.29 is 0 Å². The summed E-state index contributed by atoms with van der Waals surface area (Å²) in [5.41, 5.74) is 0. The average Bonchev–Trinajstić information content (AvgIpc) is 3.03. The summed E-state index contributed by atoms with van der Waals surface area (Å²) in [5, 5.41) is 4.39. The molecule has 0 aromatic carbocycles. The monoisotopic (exact) mass is 227 g/mol. The normalized spacial score (nSPS) is 22.9. The molecule has 2 fully saturated rings. The fourth-order valence-corrected chi connectivity index (χ4v) is 2.33. The summed E-state index contributed by atoms with van der Waals surface area (Å²) in [4.78, 5) is 4.84. The Balaban J connectivity index is 1.69. The van der Waals surface area contributed by atoms with Crippen molar-refractivity contribution in [1.82, 2.24) is 15.1 Å². The topological polar surface area (TPSA) is 18.5 Å². The first-order valence-corrected chi connectivity index (χ1v) is 6.48. The zero-order valence-corrected chi connectivity index (χ0v) is 10.4. The molecule has 0 aromatic heterocycles. The summed E-state index contributed by atoms with van der Waals surface area (Å²) in [6.07, 6.45) is 3.86. The Bertz CT molecular complexity index is 220. The van der Waals surface area contributed by atoms with Gasteiger partial charge in [0.2, 0.25) is 0 Å². The van der Waals surface area contributed by atoms with Crippen molar-refractivity contribution in [3.8, 4) is 0 Å². The van der Waals surface area contributed by atoms with Gasteiger partial charge in [-0.2, -0.15) is 0 Å². The van der Waals surface area contributed by atoms with Gasteiger partial charge < -0.3 is 10.2 Å². The molecule has 4 heteroatoms. The van der Waals surface area contributed by atoms with Crippen molar-refractivity contribution >= 4 is 17.3 Å². The standard InChI is InChI=1S/C11H21N3S/c1-2-5-13-6-8-14(9-7-13)11(15)12-10-3-4-10/h10H,2-9H2,1H3,(H,12,15). The number of hydrogen-bond donors (Lipinski definition) is 1. The molecule has 1 heterocycles. The molecule has 0 atom stereocenters. The van der Waals surface area contributed by atoms with Gasteiger partial charge in [0.25, 0.3) is 0 Å². The van der Waals surface area contributed by atoms with E-state index in [1.807, 2.05) is 0 Å². The minimum absolute atomic E-state index is 0.686. The second kappa shape index (κ2) is 5.12. The molecule has 0 aromatic rings. The molecule has 1 saturated heterocycles. The van der Waals surface area contributed by atoms with Crippen LogP contribution in [0, 0.1) is 0 Å². The van der Waals surface area contributed by atoms with E-state index in [1.165, 1.54) is 38.9 Å². The molecule has 0 radical (unpaired) electrons. The molecular weight excluding hydrogens is 206 g/mol. The van der Waals surface area contributed by atoms with Gasteiger partial charge in [0, 0.05) is 32.2 Å². The number of nitrogens with zero attached hydrogens (tertiary/aromatic N) is 2. The van der Waals surface area contributed by atoms with E-state index < -0.39 is 0 Å². The fourth-order valence-electron chi connectivity index (χ4n) is 1.98. The van der Waals surface area contributed by atoms with Crippen LogP contribution in [0.1, 0.15) is 26.2 Å². The van der Waals surface area contributed by atoms with Crippen molar-refractivity contribution in [1.29, 1.82) is 0 Å². The number of thiocarbonyl (C=S) groups is 1. The van der Waals surface area contributed by atoms with Crippen LogP contribution in [0.3, 0.4) is 0 Å². The van der Waals surface area contributed by atoms with Crippen LogP contribution in [-0.4, -0.2) is 53.7 Å². The second-order valence-electron chi connectivity index (χ2n) is 4.55. The van der Waals surface area contributed by atoms with Gasteiger partial charge in [-0.1, -0.05) is 6.92 Å². The van der Waals surface area contributed by atoms with Gasteiger partial charge in [0.05, 0.1) is 0 Å². The Kier molecular flexibility index (Phi) is 3.81. The minimum Gasteiger partial charge on any atom is -0.360 e. The molecule has 0 bridgehead atoms. The maximum atomic E-state index is 5.39. The molecule has 15 heavy (non-hydrogen) atoms. The van der Waals surface area contributed by atoms with E-state index in [0.29, 0.717) is 6.04 Å². The third-order valence-electron chi connectivity index (χ3n) is 3.10. The van der Waals surface area contributed by atoms with E-state index in [4.69, 9.17) is 12.2 Å². The van der Waals surface area contributed by atoms with Crippen molar-refractivity contribution in [3.05, 3.63) is 0 Å². The maximum absolute atomic E-state index is 5.39. The summed E-state index contributed by atoms with van der Waals surface area (Å²) in [7, 11) is 0. The van der Waals surface area contributed by atoms with Crippen molar-refractivity contribution in [3.63, 3.8) is 0 Å². The van der Waals surface area contributed by atoms with Gasteiger partial charge in [-0.3, -0.25) is 4.90 Å². The minimum atomic E-state index is 0.686. The second-order valence-corrected chi connectivity index (χ2v) is 4.94. The smallest absolute Gasteiger partial charge is 0.169 e. The van der Waals surface area contributed by atoms with Gasteiger partial charge >= 0.3 is 0 Å². The van der Waals surface area contributed by atoms with Crippen LogP contribution in [-0.2, 0) is 0 Å². The summed E-state index contributed by atoms with van der Waals surface area (Å²) in [5.74, 6) is 0. The fraction of sp³-hybridized carbons (Fsp3) is 0.909. The van der Waals surface area contributed by atoms with Crippen molar-refractivity contribution in [2.45, 2.75) is 32.2 Å². The zero-order valence-electron chi connectivity index (χ0n) is 9.54. The van der Waals surface area contributed by atoms with Gasteiger partial charge in [0.15, 0.2) is 5.11 Å². The first-order valence-electron chi connectivity index (χ1n) is 6.07. The first kappa shape index (κ1) is 11.1. The van der Waals surface area contributed by atoms with Crippen LogP contribution in [0.25, 0.3) is 0 Å². The molecule has 3 nitrogen and oxygen atoms in total. The maximum Gasteiger partial charge on any atom is 0.169 e. The molecule has 0 amide bonds. The molecule has 1 saturated carbocycles. The largest absolute Gasteiger partial charge is 0.360 e. The van der Waals surface area contributed by atoms with E-state index in [2.05, 4.69) is 22.0 Å². The molecule has 1 aliphatic carbocycles. The third-order valence-corrected chi connectivity index (χ3v) is 3.48. The highest BCUT2D eigenvalue weighted by Gasteiger charge is 2.25. The van der Waals surface area contributed by atoms with E-state index in [-0.39, 0.29) is 0 Å². The predicted molar refractivity (Wildman–Crippen MR) is 67.1 cm³/mol. The van der Waals surface area contributed by atoms with E-state index >= 15 is 0 Å². The molecule has 2 aliphatic rings. The Labute approximate surface area is 97.8 Å². The average molecular weight is 227 g/mol. The molecule has 2 rings (SSSR count). The Hall–Kier alpha value is -0.350. The summed E-state index contributed by atoms with van der Waals surface area (Å²) >= 11 is 5.39. The van der Waals surface area contributed by atoms with Crippen molar-refractivity contribution in [2.24, 2.45) is 0 Å². The Morgan fingerprint density at radius 1 is 1.27 bits per heavy atom. The number of nitrogens with one attached hydrogen (secondary N) is 1. The summed E-state index contributed by atoms with van der Waals surface area (Å²) in [6, 6.07) is 0.686. The quantitative estimate of drug-likeness (QED) is 0.726. The molecule has 86 valence electrons. The van der Waals surface area contributed by atoms with Gasteiger partial charge in [-0.25, -0.2) is 0 Å². The molecular formula is C11H21N3S. The summed E-state index contributed by atoms with van der Waals surface area (Å²) < 4.78 is 0. The number of hydrogen-bond acceptors (Lipinski definition) is 2. The van der Waals surface area contributed by atoms with Gasteiger partial charge in [-0.15, -0.1) is 0 Å². The Morgan fingerprint density at radius 2 is 1.93 bits per heavy atom. The lowest BCUT2D eigenvalue weighted by atomic mass is 10.3. The van der Waals surface area contributed by atoms with E-state index in [1.54, 1.807) is 0 Å². The summed E-state index contributed by atoms with van der Waals surface area (Å²) in [6.45, 7) is 8.00. The highest BCUT2D eigenvalue weighted by Crippen LogP contribution is 2.19. The number of piperazine rings is 1. The van der Waals surface area contributed by atoms with E-state index in [0.717, 1.165) is 18.2 Å². The van der Waals surface area contributed by atoms with Gasteiger partial charge in [-0.05, 0) is 38.0 Å². The van der Waals surface area contributed by atoms with E-state index in [9.17, 15) is 0 Å². The van der Waals surface area contributed by atoms with Crippen LogP contribution < -0.4 is 5.32 Å². The lowest BCUT2D eigenvalue weighted by Crippen LogP contribution is -2.52. The lowest BCUT2D eigenvalue weighted by Gasteiger charge is -2.36. The molecule has 0 spiro atoms. The highest BCUT2D eigenvalue weighted by atomic mass is 32.1. The van der Waals surface area contributed by atoms with Crippen LogP contribution in [0.5, 0.6) is 0 Å². The lowest BCUT2D eigenvalue weighted by molar-refractivity contribution is 0.181. The first-order chi connectivity index (χ1) is 7.29. The molecule has 0 unspecified atom stereocenters. The van der Waals surface area contributed by atoms with Gasteiger partial charge in [0.1, 0.15) is 0 Å². The zero-order chi connectivity index (χ0) is 10.7. The predicted octanol–water partition coefficient (Wildman–Crippen LogP) is 1.05. The van der Waals surface area contributed by atoms with Crippen LogP contribution in [0.4, 0.5) is 0 Å². The Morgan fingerprint density at radius 3 is 2.47 bits per heavy atom. The number of rotatable bonds is 3. The SMILES string of the molecule is CCCN1CCN(C(=S)NC2CC2)CC1.